The van der Waals surface area contributed by atoms with Crippen LogP contribution in [0.4, 0.5) is 0 Å². The van der Waals surface area contributed by atoms with Gasteiger partial charge in [-0.2, -0.15) is 5.10 Å². The fourth-order valence-corrected chi connectivity index (χ4v) is 3.88. The van der Waals surface area contributed by atoms with Crippen LogP contribution in [0.2, 0.25) is 0 Å². The van der Waals surface area contributed by atoms with Gasteiger partial charge in [0.05, 0.1) is 6.21 Å². The Balaban J connectivity index is 1.17. The molecular weight excluding hydrogens is 388 g/mol. The summed E-state index contributed by atoms with van der Waals surface area (Å²) in [6.45, 7) is 0.270. The Morgan fingerprint density at radius 1 is 0.968 bits per heavy atom. The van der Waals surface area contributed by atoms with Crippen LogP contribution >= 0.6 is 0 Å². The van der Waals surface area contributed by atoms with E-state index in [0.29, 0.717) is 5.76 Å². The predicted octanol–water partition coefficient (Wildman–Crippen LogP) is 5.26. The molecule has 0 unspecified atom stereocenters. The molecule has 0 saturated heterocycles. The van der Waals surface area contributed by atoms with Crippen molar-refractivity contribution in [3.8, 4) is 5.75 Å². The molecule has 31 heavy (non-hydrogen) atoms. The fourth-order valence-electron chi connectivity index (χ4n) is 3.88. The van der Waals surface area contributed by atoms with E-state index < -0.39 is 5.91 Å². The lowest BCUT2D eigenvalue weighted by Gasteiger charge is -2.06. The number of rotatable bonds is 6. The van der Waals surface area contributed by atoms with Gasteiger partial charge in [0.25, 0.3) is 0 Å². The number of hydrogen-bond acceptors (Lipinski definition) is 4. The van der Waals surface area contributed by atoms with Crippen molar-refractivity contribution in [2.75, 3.05) is 0 Å². The molecular formula is C26H22N2O3. The Bertz CT molecular complexity index is 1270. The standard InChI is InChI=1S/C26H22N2O3/c29-26(28-27-16-18-8-9-19-4-1-2-5-21(19)14-18)25-13-12-24(31-25)17-30-23-11-10-20-6-3-7-22(20)15-23/h1-2,4-5,8-16H,3,6-7,17H2,(H,28,29)/b27-16-. The highest BCUT2D eigenvalue weighted by Crippen LogP contribution is 2.26. The molecule has 1 aromatic heterocycles. The maximum absolute atomic E-state index is 12.3. The van der Waals surface area contributed by atoms with Crippen molar-refractivity contribution in [1.82, 2.24) is 5.43 Å². The molecule has 5 rings (SSSR count). The molecule has 1 aliphatic rings. The van der Waals surface area contributed by atoms with Gasteiger partial charge in [-0.15, -0.1) is 0 Å². The van der Waals surface area contributed by atoms with Gasteiger partial charge in [0, 0.05) is 0 Å². The second-order valence-corrected chi connectivity index (χ2v) is 7.64. The molecule has 0 bridgehead atoms. The molecule has 0 aliphatic heterocycles. The summed E-state index contributed by atoms with van der Waals surface area (Å²) in [7, 11) is 0. The summed E-state index contributed by atoms with van der Waals surface area (Å²) in [5, 5.41) is 6.33. The third kappa shape index (κ3) is 4.36. The number of hydrogen-bond donors (Lipinski definition) is 1. The normalized spacial score (nSPS) is 12.9. The molecule has 5 nitrogen and oxygen atoms in total. The van der Waals surface area contributed by atoms with Crippen LogP contribution in [0.5, 0.6) is 5.75 Å². The van der Waals surface area contributed by atoms with Crippen molar-refractivity contribution in [2.24, 2.45) is 5.10 Å². The first-order chi connectivity index (χ1) is 15.2. The topological polar surface area (TPSA) is 63.8 Å². The Hall–Kier alpha value is -3.86. The molecule has 0 spiro atoms. The number of aryl methyl sites for hydroxylation is 2. The number of hydrazone groups is 1. The molecule has 1 heterocycles. The van der Waals surface area contributed by atoms with Gasteiger partial charge >= 0.3 is 5.91 Å². The maximum atomic E-state index is 12.3. The summed E-state index contributed by atoms with van der Waals surface area (Å²) >= 11 is 0. The number of nitrogens with one attached hydrogen (secondary N) is 1. The molecule has 1 N–H and O–H groups in total. The van der Waals surface area contributed by atoms with Crippen molar-refractivity contribution < 1.29 is 13.9 Å². The highest BCUT2D eigenvalue weighted by atomic mass is 16.5. The van der Waals surface area contributed by atoms with Crippen molar-refractivity contribution >= 4 is 22.9 Å². The Morgan fingerprint density at radius 2 is 1.84 bits per heavy atom. The number of fused-ring (bicyclic) bond motifs is 2. The minimum atomic E-state index is -0.402. The molecule has 5 heteroatoms. The Kier molecular flexibility index (Phi) is 5.23. The summed E-state index contributed by atoms with van der Waals surface area (Å²) in [5.74, 6) is 1.20. The van der Waals surface area contributed by atoms with Crippen molar-refractivity contribution in [1.29, 1.82) is 0 Å². The van der Waals surface area contributed by atoms with Crippen molar-refractivity contribution in [3.05, 3.63) is 101 Å². The molecule has 0 radical (unpaired) electrons. The van der Waals surface area contributed by atoms with Gasteiger partial charge in [-0.05, 0) is 77.1 Å². The van der Waals surface area contributed by atoms with E-state index in [2.05, 4.69) is 28.7 Å². The number of carbonyl (C=O) groups is 1. The van der Waals surface area contributed by atoms with Gasteiger partial charge < -0.3 is 9.15 Å². The molecule has 0 saturated carbocycles. The minimum Gasteiger partial charge on any atom is -0.486 e. The van der Waals surface area contributed by atoms with E-state index in [-0.39, 0.29) is 12.4 Å². The number of benzene rings is 3. The van der Waals surface area contributed by atoms with Crippen LogP contribution in [0.25, 0.3) is 10.8 Å². The number of carbonyl (C=O) groups excluding carboxylic acids is 1. The quantitative estimate of drug-likeness (QED) is 0.348. The third-order valence-electron chi connectivity index (χ3n) is 5.49. The van der Waals surface area contributed by atoms with E-state index >= 15 is 0 Å². The second kappa shape index (κ2) is 8.48. The van der Waals surface area contributed by atoms with Gasteiger partial charge in [-0.1, -0.05) is 42.5 Å². The van der Waals surface area contributed by atoms with Gasteiger partial charge in [0.15, 0.2) is 5.76 Å². The first kappa shape index (κ1) is 19.1. The summed E-state index contributed by atoms with van der Waals surface area (Å²) in [6, 6.07) is 23.7. The average Bonchev–Trinajstić information content (AvgIpc) is 3.47. The average molecular weight is 410 g/mol. The van der Waals surface area contributed by atoms with E-state index in [1.54, 1.807) is 18.3 Å². The first-order valence-electron chi connectivity index (χ1n) is 10.4. The predicted molar refractivity (Wildman–Crippen MR) is 121 cm³/mol. The Morgan fingerprint density at radius 3 is 2.77 bits per heavy atom. The molecule has 0 atom stereocenters. The van der Waals surface area contributed by atoms with E-state index in [4.69, 9.17) is 9.15 Å². The SMILES string of the molecule is O=C(N/N=C\c1ccc2ccccc2c1)c1ccc(COc2ccc3c(c2)CCC3)o1. The molecule has 1 amide bonds. The molecule has 4 aromatic rings. The lowest BCUT2D eigenvalue weighted by Crippen LogP contribution is -2.16. The van der Waals surface area contributed by atoms with Gasteiger partial charge in [0.2, 0.25) is 0 Å². The van der Waals surface area contributed by atoms with Gasteiger partial charge in [-0.25, -0.2) is 5.43 Å². The summed E-state index contributed by atoms with van der Waals surface area (Å²) < 4.78 is 11.4. The third-order valence-corrected chi connectivity index (χ3v) is 5.49. The molecule has 1 aliphatic carbocycles. The highest BCUT2D eigenvalue weighted by Gasteiger charge is 2.13. The lowest BCUT2D eigenvalue weighted by molar-refractivity contribution is 0.0923. The number of amides is 1. The number of nitrogens with zero attached hydrogens (tertiary/aromatic N) is 1. The van der Waals surface area contributed by atoms with E-state index in [1.165, 1.54) is 17.5 Å². The van der Waals surface area contributed by atoms with Crippen LogP contribution < -0.4 is 10.2 Å². The van der Waals surface area contributed by atoms with E-state index in [1.807, 2.05) is 42.5 Å². The monoisotopic (exact) mass is 410 g/mol. The van der Waals surface area contributed by atoms with Crippen molar-refractivity contribution in [2.45, 2.75) is 25.9 Å². The zero-order chi connectivity index (χ0) is 21.0. The zero-order valence-corrected chi connectivity index (χ0v) is 17.0. The van der Waals surface area contributed by atoms with Crippen LogP contribution in [0, 0.1) is 0 Å². The molecule has 0 fully saturated rings. The molecule has 154 valence electrons. The number of ether oxygens (including phenoxy) is 1. The van der Waals surface area contributed by atoms with Crippen LogP contribution in [0.3, 0.4) is 0 Å². The van der Waals surface area contributed by atoms with E-state index in [0.717, 1.165) is 34.9 Å². The lowest BCUT2D eigenvalue weighted by atomic mass is 10.1. The fraction of sp³-hybridized carbons (Fsp3) is 0.154. The van der Waals surface area contributed by atoms with Crippen molar-refractivity contribution in [3.63, 3.8) is 0 Å². The zero-order valence-electron chi connectivity index (χ0n) is 17.0. The first-order valence-corrected chi connectivity index (χ1v) is 10.4. The summed E-state index contributed by atoms with van der Waals surface area (Å²) in [5.41, 5.74) is 6.18. The summed E-state index contributed by atoms with van der Waals surface area (Å²) in [4.78, 5) is 12.3. The summed E-state index contributed by atoms with van der Waals surface area (Å²) in [6.07, 6.45) is 5.08. The minimum absolute atomic E-state index is 0.197. The second-order valence-electron chi connectivity index (χ2n) is 7.64. The van der Waals surface area contributed by atoms with Crippen LogP contribution in [-0.4, -0.2) is 12.1 Å². The van der Waals surface area contributed by atoms with Crippen LogP contribution in [0.1, 0.15) is 39.4 Å². The van der Waals surface area contributed by atoms with E-state index in [9.17, 15) is 4.79 Å². The smallest absolute Gasteiger partial charge is 0.307 e. The highest BCUT2D eigenvalue weighted by molar-refractivity contribution is 5.93. The van der Waals surface area contributed by atoms with Crippen LogP contribution in [-0.2, 0) is 19.4 Å². The van der Waals surface area contributed by atoms with Crippen LogP contribution in [0.15, 0.2) is 82.3 Å². The largest absolute Gasteiger partial charge is 0.486 e. The maximum Gasteiger partial charge on any atom is 0.307 e. The Labute approximate surface area is 180 Å². The number of furan rings is 1. The van der Waals surface area contributed by atoms with Gasteiger partial charge in [0.1, 0.15) is 18.1 Å². The molecule has 3 aromatic carbocycles. The van der Waals surface area contributed by atoms with Gasteiger partial charge in [-0.3, -0.25) is 4.79 Å².